The van der Waals surface area contributed by atoms with Crippen LogP contribution in [0, 0.1) is 0 Å². The Morgan fingerprint density at radius 3 is 2.84 bits per heavy atom. The third-order valence-corrected chi connectivity index (χ3v) is 6.20. The fraction of sp³-hybridized carbons (Fsp3) is 0.625. The maximum absolute atomic E-state index is 12.3. The van der Waals surface area contributed by atoms with Gasteiger partial charge in [-0.1, -0.05) is 0 Å². The lowest BCUT2D eigenvalue weighted by molar-refractivity contribution is 0.0398. The smallest absolute Gasteiger partial charge is 0.253 e. The summed E-state index contributed by atoms with van der Waals surface area (Å²) < 4.78 is 28.3. The first-order valence-electron chi connectivity index (χ1n) is 8.52. The number of aromatic nitrogens is 1. The van der Waals surface area contributed by atoms with E-state index in [1.54, 1.807) is 12.3 Å². The van der Waals surface area contributed by atoms with Crippen molar-refractivity contribution < 1.29 is 17.9 Å². The van der Waals surface area contributed by atoms with Crippen LogP contribution in [-0.4, -0.2) is 81.1 Å². The normalized spacial score (nSPS) is 23.3. The average molecular weight is 368 g/mol. The van der Waals surface area contributed by atoms with Crippen LogP contribution in [0.1, 0.15) is 16.8 Å². The number of nitrogens with zero attached hydrogens (tertiary/aromatic N) is 2. The maximum atomic E-state index is 12.3. The summed E-state index contributed by atoms with van der Waals surface area (Å²) in [5, 5.41) is 6.05. The molecule has 0 aromatic carbocycles. The largest absolute Gasteiger partial charge is 0.382 e. The van der Waals surface area contributed by atoms with Gasteiger partial charge >= 0.3 is 0 Å². The minimum absolute atomic E-state index is 0.0175. The SMILES string of the molecule is O=C(NC1CCS(=O)(=O)C1)c1cncc(NCCN2CCOCC2)c1. The summed E-state index contributed by atoms with van der Waals surface area (Å²) in [4.78, 5) is 18.7. The van der Waals surface area contributed by atoms with Crippen molar-refractivity contribution in [3.8, 4) is 0 Å². The molecule has 9 heteroatoms. The van der Waals surface area contributed by atoms with Crippen molar-refractivity contribution in [1.82, 2.24) is 15.2 Å². The second-order valence-corrected chi connectivity index (χ2v) is 8.65. The molecule has 1 amide bonds. The summed E-state index contributed by atoms with van der Waals surface area (Å²) in [6.45, 7) is 5.08. The van der Waals surface area contributed by atoms with Crippen molar-refractivity contribution in [3.63, 3.8) is 0 Å². The van der Waals surface area contributed by atoms with Crippen molar-refractivity contribution in [2.75, 3.05) is 56.2 Å². The first-order valence-corrected chi connectivity index (χ1v) is 10.3. The second kappa shape index (κ2) is 8.11. The molecule has 0 aliphatic carbocycles. The zero-order valence-electron chi connectivity index (χ0n) is 14.1. The summed E-state index contributed by atoms with van der Waals surface area (Å²) in [5.74, 6) is -0.130. The molecule has 2 aliphatic rings. The number of pyridine rings is 1. The van der Waals surface area contributed by atoms with E-state index in [0.717, 1.165) is 45.1 Å². The van der Waals surface area contributed by atoms with Gasteiger partial charge in [-0.2, -0.15) is 0 Å². The maximum Gasteiger partial charge on any atom is 0.253 e. The third kappa shape index (κ3) is 5.38. The van der Waals surface area contributed by atoms with E-state index in [1.807, 2.05) is 0 Å². The highest BCUT2D eigenvalue weighted by Gasteiger charge is 2.29. The fourth-order valence-electron chi connectivity index (χ4n) is 3.02. The van der Waals surface area contributed by atoms with Crippen LogP contribution in [0.4, 0.5) is 5.69 Å². The van der Waals surface area contributed by atoms with Gasteiger partial charge in [0, 0.05) is 44.6 Å². The van der Waals surface area contributed by atoms with E-state index in [0.29, 0.717) is 12.0 Å². The Bertz CT molecular complexity index is 704. The van der Waals surface area contributed by atoms with Gasteiger partial charge in [0.25, 0.3) is 5.91 Å². The zero-order chi connectivity index (χ0) is 17.7. The van der Waals surface area contributed by atoms with E-state index in [2.05, 4.69) is 20.5 Å². The van der Waals surface area contributed by atoms with Crippen LogP contribution in [0.15, 0.2) is 18.5 Å². The molecule has 138 valence electrons. The Kier molecular flexibility index (Phi) is 5.87. The lowest BCUT2D eigenvalue weighted by Gasteiger charge is -2.26. The van der Waals surface area contributed by atoms with Gasteiger partial charge in [-0.05, 0) is 12.5 Å². The molecule has 0 bridgehead atoms. The molecule has 8 nitrogen and oxygen atoms in total. The molecule has 25 heavy (non-hydrogen) atoms. The Balaban J connectivity index is 1.49. The molecule has 2 fully saturated rings. The predicted octanol–water partition coefficient (Wildman–Crippen LogP) is -0.257. The minimum Gasteiger partial charge on any atom is -0.382 e. The molecular formula is C16H24N4O4S. The van der Waals surface area contributed by atoms with Crippen molar-refractivity contribution >= 4 is 21.4 Å². The Hall–Kier alpha value is -1.71. The third-order valence-electron chi connectivity index (χ3n) is 4.43. The zero-order valence-corrected chi connectivity index (χ0v) is 14.9. The number of anilines is 1. The van der Waals surface area contributed by atoms with E-state index in [1.165, 1.54) is 6.20 Å². The van der Waals surface area contributed by atoms with Crippen molar-refractivity contribution in [1.29, 1.82) is 0 Å². The van der Waals surface area contributed by atoms with Gasteiger partial charge in [0.15, 0.2) is 9.84 Å². The van der Waals surface area contributed by atoms with E-state index in [9.17, 15) is 13.2 Å². The summed E-state index contributed by atoms with van der Waals surface area (Å²) in [7, 11) is -3.01. The van der Waals surface area contributed by atoms with Crippen molar-refractivity contribution in [2.24, 2.45) is 0 Å². The number of sulfone groups is 1. The number of hydrogen-bond donors (Lipinski definition) is 2. The van der Waals surface area contributed by atoms with Crippen LogP contribution < -0.4 is 10.6 Å². The molecule has 1 aromatic rings. The highest BCUT2D eigenvalue weighted by Crippen LogP contribution is 2.13. The monoisotopic (exact) mass is 368 g/mol. The van der Waals surface area contributed by atoms with E-state index in [-0.39, 0.29) is 23.5 Å². The number of ether oxygens (including phenoxy) is 1. The van der Waals surface area contributed by atoms with Gasteiger partial charge < -0.3 is 15.4 Å². The van der Waals surface area contributed by atoms with E-state index >= 15 is 0 Å². The molecule has 3 heterocycles. The quantitative estimate of drug-likeness (QED) is 0.714. The summed E-state index contributed by atoms with van der Waals surface area (Å²) >= 11 is 0. The second-order valence-electron chi connectivity index (χ2n) is 6.42. The molecule has 2 aliphatic heterocycles. The number of rotatable bonds is 6. The van der Waals surface area contributed by atoms with Gasteiger partial charge in [-0.3, -0.25) is 14.7 Å². The molecule has 0 radical (unpaired) electrons. The Labute approximate surface area is 147 Å². The predicted molar refractivity (Wildman–Crippen MR) is 94.5 cm³/mol. The van der Waals surface area contributed by atoms with Crippen LogP contribution in [0.3, 0.4) is 0 Å². The standard InChI is InChI=1S/C16H24N4O4S/c21-16(19-14-1-8-25(22,23)12-14)13-9-15(11-17-10-13)18-2-3-20-4-6-24-7-5-20/h9-11,14,18H,1-8,12H2,(H,19,21). The van der Waals surface area contributed by atoms with Crippen LogP contribution in [0.25, 0.3) is 0 Å². The lowest BCUT2D eigenvalue weighted by atomic mass is 10.2. The lowest BCUT2D eigenvalue weighted by Crippen LogP contribution is -2.39. The summed E-state index contributed by atoms with van der Waals surface area (Å²) in [6.07, 6.45) is 3.64. The molecule has 0 spiro atoms. The highest BCUT2D eigenvalue weighted by atomic mass is 32.2. The number of nitrogens with one attached hydrogen (secondary N) is 2. The highest BCUT2D eigenvalue weighted by molar-refractivity contribution is 7.91. The number of carbonyl (C=O) groups is 1. The first kappa shape index (κ1) is 18.1. The van der Waals surface area contributed by atoms with Crippen LogP contribution in [0.5, 0.6) is 0 Å². The summed E-state index contributed by atoms with van der Waals surface area (Å²) in [6, 6.07) is 1.43. The Morgan fingerprint density at radius 1 is 1.32 bits per heavy atom. The van der Waals surface area contributed by atoms with Crippen LogP contribution in [-0.2, 0) is 14.6 Å². The average Bonchev–Trinajstić information content (AvgIpc) is 2.94. The molecule has 0 saturated carbocycles. The number of hydrogen-bond acceptors (Lipinski definition) is 7. The van der Waals surface area contributed by atoms with Crippen molar-refractivity contribution in [3.05, 3.63) is 24.0 Å². The fourth-order valence-corrected chi connectivity index (χ4v) is 4.69. The van der Waals surface area contributed by atoms with E-state index < -0.39 is 9.84 Å². The van der Waals surface area contributed by atoms with Crippen molar-refractivity contribution in [2.45, 2.75) is 12.5 Å². The number of carbonyl (C=O) groups excluding carboxylic acids is 1. The Morgan fingerprint density at radius 2 is 2.12 bits per heavy atom. The molecule has 3 rings (SSSR count). The number of amides is 1. The first-order chi connectivity index (χ1) is 12.0. The van der Waals surface area contributed by atoms with Gasteiger partial charge in [-0.25, -0.2) is 8.42 Å². The molecule has 1 unspecified atom stereocenters. The molecule has 1 aromatic heterocycles. The van der Waals surface area contributed by atoms with Gasteiger partial charge in [0.05, 0.1) is 36.0 Å². The number of morpholine rings is 1. The topological polar surface area (TPSA) is 101 Å². The van der Waals surface area contributed by atoms with Crippen LogP contribution >= 0.6 is 0 Å². The minimum atomic E-state index is -3.01. The summed E-state index contributed by atoms with van der Waals surface area (Å²) in [5.41, 5.74) is 1.21. The van der Waals surface area contributed by atoms with E-state index in [4.69, 9.17) is 4.74 Å². The van der Waals surface area contributed by atoms with Crippen LogP contribution in [0.2, 0.25) is 0 Å². The van der Waals surface area contributed by atoms with Gasteiger partial charge in [-0.15, -0.1) is 0 Å². The molecular weight excluding hydrogens is 344 g/mol. The van der Waals surface area contributed by atoms with Gasteiger partial charge in [0.1, 0.15) is 0 Å². The molecule has 1 atom stereocenters. The molecule has 2 saturated heterocycles. The van der Waals surface area contributed by atoms with Gasteiger partial charge in [0.2, 0.25) is 0 Å². The molecule has 2 N–H and O–H groups in total.